The van der Waals surface area contributed by atoms with Crippen LogP contribution in [0.2, 0.25) is 0 Å². The predicted molar refractivity (Wildman–Crippen MR) is 85.4 cm³/mol. The van der Waals surface area contributed by atoms with E-state index in [2.05, 4.69) is 28.2 Å². The van der Waals surface area contributed by atoms with E-state index in [9.17, 15) is 4.79 Å². The third-order valence-electron chi connectivity index (χ3n) is 3.94. The lowest BCUT2D eigenvalue weighted by molar-refractivity contribution is -0.121. The molecular weight excluding hydrogens is 264 g/mol. The number of carbonyl (C=O) groups excluding carboxylic acids is 1. The number of likely N-dealkylation sites (N-methyl/N-ethyl adjacent to an activating group) is 1. The molecule has 116 valence electrons. The molecule has 5 nitrogen and oxygen atoms in total. The fraction of sp³-hybridized carbons (Fsp3) is 0.625. The van der Waals surface area contributed by atoms with Gasteiger partial charge in [0, 0.05) is 26.1 Å². The van der Waals surface area contributed by atoms with Gasteiger partial charge in [-0.05, 0) is 39.1 Å². The zero-order valence-corrected chi connectivity index (χ0v) is 13.3. The number of rotatable bonds is 4. The van der Waals surface area contributed by atoms with E-state index < -0.39 is 0 Å². The number of amides is 1. The number of anilines is 1. The van der Waals surface area contributed by atoms with Crippen LogP contribution in [0, 0.1) is 0 Å². The van der Waals surface area contributed by atoms with E-state index in [0.717, 1.165) is 44.1 Å². The summed E-state index contributed by atoms with van der Waals surface area (Å²) in [6.07, 6.45) is 1.66. The lowest BCUT2D eigenvalue weighted by atomic mass is 10.2. The molecule has 2 rings (SSSR count). The fourth-order valence-corrected chi connectivity index (χ4v) is 2.55. The average Bonchev–Trinajstić information content (AvgIpc) is 2.72. The van der Waals surface area contributed by atoms with Crippen LogP contribution in [0.5, 0.6) is 0 Å². The van der Waals surface area contributed by atoms with Gasteiger partial charge in [0.25, 0.3) is 0 Å². The van der Waals surface area contributed by atoms with Crippen LogP contribution in [0.3, 0.4) is 0 Å². The highest BCUT2D eigenvalue weighted by atomic mass is 16.1. The fourth-order valence-electron chi connectivity index (χ4n) is 2.55. The third kappa shape index (κ3) is 4.43. The number of hydrogen-bond donors (Lipinski definition) is 1. The molecule has 1 aliphatic heterocycles. The molecule has 5 heteroatoms. The van der Waals surface area contributed by atoms with E-state index in [1.165, 1.54) is 0 Å². The van der Waals surface area contributed by atoms with Gasteiger partial charge in [-0.15, -0.1) is 0 Å². The molecule has 0 spiro atoms. The third-order valence-corrected chi connectivity index (χ3v) is 3.94. The zero-order chi connectivity index (χ0) is 15.2. The van der Waals surface area contributed by atoms with Crippen molar-refractivity contribution in [1.82, 2.24) is 15.2 Å². The molecule has 1 aromatic rings. The molecule has 21 heavy (non-hydrogen) atoms. The van der Waals surface area contributed by atoms with Gasteiger partial charge < -0.3 is 15.1 Å². The Morgan fingerprint density at radius 2 is 2.14 bits per heavy atom. The molecule has 1 aliphatic rings. The van der Waals surface area contributed by atoms with Crippen LogP contribution in [0.15, 0.2) is 18.2 Å². The summed E-state index contributed by atoms with van der Waals surface area (Å²) in [6, 6.07) is 6.02. The maximum atomic E-state index is 11.5. The lowest BCUT2D eigenvalue weighted by Gasteiger charge is -2.23. The first-order chi connectivity index (χ1) is 10.1. The molecule has 0 aliphatic carbocycles. The molecular formula is C16H26N4O. The molecule has 0 saturated carbocycles. The zero-order valence-electron chi connectivity index (χ0n) is 13.3. The number of hydrogen-bond acceptors (Lipinski definition) is 4. The van der Waals surface area contributed by atoms with Crippen LogP contribution < -0.4 is 10.2 Å². The Morgan fingerprint density at radius 3 is 2.90 bits per heavy atom. The highest BCUT2D eigenvalue weighted by Gasteiger charge is 2.15. The number of nitrogens with one attached hydrogen (secondary N) is 1. The highest BCUT2D eigenvalue weighted by Crippen LogP contribution is 2.17. The van der Waals surface area contributed by atoms with E-state index in [4.69, 9.17) is 4.98 Å². The van der Waals surface area contributed by atoms with Gasteiger partial charge in [0.05, 0.1) is 11.7 Å². The second kappa shape index (κ2) is 7.41. The summed E-state index contributed by atoms with van der Waals surface area (Å²) in [6.45, 7) is 8.09. The second-order valence-corrected chi connectivity index (χ2v) is 5.71. The van der Waals surface area contributed by atoms with E-state index in [1.807, 2.05) is 26.0 Å². The van der Waals surface area contributed by atoms with E-state index in [-0.39, 0.29) is 11.9 Å². The number of aromatic nitrogens is 1. The second-order valence-electron chi connectivity index (χ2n) is 5.71. The van der Waals surface area contributed by atoms with E-state index in [0.29, 0.717) is 6.42 Å². The minimum Gasteiger partial charge on any atom is -0.355 e. The first kappa shape index (κ1) is 15.8. The summed E-state index contributed by atoms with van der Waals surface area (Å²) in [7, 11) is 2.16. The summed E-state index contributed by atoms with van der Waals surface area (Å²) in [5.74, 6) is 1.08. The van der Waals surface area contributed by atoms with Crippen molar-refractivity contribution in [3.8, 4) is 0 Å². The summed E-state index contributed by atoms with van der Waals surface area (Å²) in [5, 5.41) is 2.97. The number of nitrogens with zero attached hydrogens (tertiary/aromatic N) is 3. The molecule has 1 aromatic heterocycles. The Morgan fingerprint density at radius 1 is 1.33 bits per heavy atom. The van der Waals surface area contributed by atoms with Gasteiger partial charge in [-0.3, -0.25) is 4.79 Å². The molecule has 0 aromatic carbocycles. The van der Waals surface area contributed by atoms with Crippen molar-refractivity contribution in [2.75, 3.05) is 38.1 Å². The van der Waals surface area contributed by atoms with Crippen LogP contribution >= 0.6 is 0 Å². The largest absolute Gasteiger partial charge is 0.355 e. The Labute approximate surface area is 127 Å². The quantitative estimate of drug-likeness (QED) is 0.919. The van der Waals surface area contributed by atoms with Crippen LogP contribution in [-0.2, 0) is 4.79 Å². The Balaban J connectivity index is 2.07. The van der Waals surface area contributed by atoms with Crippen molar-refractivity contribution < 1.29 is 4.79 Å². The van der Waals surface area contributed by atoms with Gasteiger partial charge in [0.15, 0.2) is 0 Å². The normalized spacial score (nSPS) is 18.1. The minimum absolute atomic E-state index is 0.0490. The number of pyridine rings is 1. The molecule has 1 saturated heterocycles. The summed E-state index contributed by atoms with van der Waals surface area (Å²) in [4.78, 5) is 20.9. The standard InChI is InChI=1S/C16H26N4O/c1-4-16(21)17-13(2)14-7-5-8-15(18-14)20-10-6-9-19(3)11-12-20/h5,7-8,13H,4,6,9-12H2,1-3H3,(H,17,21)/t13-/m0/s1. The minimum atomic E-state index is -0.0490. The Kier molecular flexibility index (Phi) is 5.56. The van der Waals surface area contributed by atoms with Gasteiger partial charge in [-0.25, -0.2) is 4.98 Å². The van der Waals surface area contributed by atoms with E-state index in [1.54, 1.807) is 0 Å². The van der Waals surface area contributed by atoms with Crippen LogP contribution in [-0.4, -0.2) is 49.0 Å². The van der Waals surface area contributed by atoms with Crippen molar-refractivity contribution in [3.05, 3.63) is 23.9 Å². The first-order valence-electron chi connectivity index (χ1n) is 7.80. The van der Waals surface area contributed by atoms with Crippen molar-refractivity contribution in [2.24, 2.45) is 0 Å². The molecule has 0 unspecified atom stereocenters. The maximum absolute atomic E-state index is 11.5. The topological polar surface area (TPSA) is 48.5 Å². The molecule has 1 atom stereocenters. The summed E-state index contributed by atoms with van der Waals surface area (Å²) < 4.78 is 0. The van der Waals surface area contributed by atoms with Crippen LogP contribution in [0.25, 0.3) is 0 Å². The smallest absolute Gasteiger partial charge is 0.220 e. The molecule has 1 N–H and O–H groups in total. The summed E-state index contributed by atoms with van der Waals surface area (Å²) in [5.41, 5.74) is 0.923. The summed E-state index contributed by atoms with van der Waals surface area (Å²) >= 11 is 0. The van der Waals surface area contributed by atoms with Gasteiger partial charge in [0.2, 0.25) is 5.91 Å². The Hall–Kier alpha value is -1.62. The molecule has 2 heterocycles. The van der Waals surface area contributed by atoms with Crippen molar-refractivity contribution in [3.63, 3.8) is 0 Å². The Bertz CT molecular complexity index is 477. The van der Waals surface area contributed by atoms with E-state index >= 15 is 0 Å². The average molecular weight is 290 g/mol. The molecule has 1 amide bonds. The first-order valence-corrected chi connectivity index (χ1v) is 7.80. The predicted octanol–water partition coefficient (Wildman–Crippen LogP) is 1.81. The lowest BCUT2D eigenvalue weighted by Crippen LogP contribution is -2.30. The molecule has 0 bridgehead atoms. The van der Waals surface area contributed by atoms with Gasteiger partial charge in [0.1, 0.15) is 5.82 Å². The molecule has 0 radical (unpaired) electrons. The van der Waals surface area contributed by atoms with Gasteiger partial charge in [-0.2, -0.15) is 0 Å². The van der Waals surface area contributed by atoms with Crippen molar-refractivity contribution in [2.45, 2.75) is 32.7 Å². The molecule has 1 fully saturated rings. The van der Waals surface area contributed by atoms with Crippen molar-refractivity contribution in [1.29, 1.82) is 0 Å². The van der Waals surface area contributed by atoms with Crippen LogP contribution in [0.1, 0.15) is 38.4 Å². The maximum Gasteiger partial charge on any atom is 0.220 e. The SMILES string of the molecule is CCC(=O)N[C@@H](C)c1cccc(N2CCCN(C)CC2)n1. The van der Waals surface area contributed by atoms with Gasteiger partial charge >= 0.3 is 0 Å². The highest BCUT2D eigenvalue weighted by molar-refractivity contribution is 5.75. The van der Waals surface area contributed by atoms with Gasteiger partial charge in [-0.1, -0.05) is 13.0 Å². The van der Waals surface area contributed by atoms with Crippen LogP contribution in [0.4, 0.5) is 5.82 Å². The van der Waals surface area contributed by atoms with Crippen molar-refractivity contribution >= 4 is 11.7 Å². The number of carbonyl (C=O) groups is 1. The monoisotopic (exact) mass is 290 g/mol.